The predicted octanol–water partition coefficient (Wildman–Crippen LogP) is 1.92. The fraction of sp³-hybridized carbons (Fsp3) is 0.400. The smallest absolute Gasteiger partial charge is 0.274 e. The molecule has 0 aliphatic carbocycles. The van der Waals surface area contributed by atoms with Crippen molar-refractivity contribution in [1.82, 2.24) is 15.4 Å². The van der Waals surface area contributed by atoms with E-state index in [0.717, 1.165) is 23.9 Å². The molecule has 106 valence electrons. The van der Waals surface area contributed by atoms with Crippen LogP contribution in [0.1, 0.15) is 28.8 Å². The summed E-state index contributed by atoms with van der Waals surface area (Å²) in [5.74, 6) is -0.475. The van der Waals surface area contributed by atoms with Gasteiger partial charge in [-0.3, -0.25) is 10.0 Å². The quantitative estimate of drug-likeness (QED) is 0.591. The van der Waals surface area contributed by atoms with Gasteiger partial charge in [-0.25, -0.2) is 5.48 Å². The van der Waals surface area contributed by atoms with E-state index in [1.807, 2.05) is 18.3 Å². The summed E-state index contributed by atoms with van der Waals surface area (Å²) in [6.07, 6.45) is 5.49. The second-order valence-corrected chi connectivity index (χ2v) is 5.50. The van der Waals surface area contributed by atoms with Gasteiger partial charge >= 0.3 is 0 Å². The van der Waals surface area contributed by atoms with E-state index in [2.05, 4.69) is 16.9 Å². The monoisotopic (exact) mass is 273 g/mol. The zero-order valence-electron chi connectivity index (χ0n) is 11.5. The number of hydrogen-bond acceptors (Lipinski definition) is 3. The molecule has 0 unspecified atom stereocenters. The number of rotatable bonds is 3. The lowest BCUT2D eigenvalue weighted by Crippen LogP contribution is -2.26. The summed E-state index contributed by atoms with van der Waals surface area (Å²) in [4.78, 5) is 17.1. The van der Waals surface area contributed by atoms with Gasteiger partial charge in [-0.1, -0.05) is 0 Å². The average molecular weight is 273 g/mol. The number of likely N-dealkylation sites (tertiary alicyclic amines) is 1. The van der Waals surface area contributed by atoms with E-state index in [1.54, 1.807) is 11.5 Å². The summed E-state index contributed by atoms with van der Waals surface area (Å²) in [6, 6.07) is 5.99. The van der Waals surface area contributed by atoms with Crippen molar-refractivity contribution in [3.8, 4) is 0 Å². The Labute approximate surface area is 117 Å². The molecule has 1 fully saturated rings. The molecule has 3 N–H and O–H groups in total. The van der Waals surface area contributed by atoms with Crippen LogP contribution in [0.5, 0.6) is 0 Å². The first kappa shape index (κ1) is 13.1. The molecule has 2 heterocycles. The highest BCUT2D eigenvalue weighted by molar-refractivity contribution is 5.98. The maximum absolute atomic E-state index is 11.5. The van der Waals surface area contributed by atoms with Crippen LogP contribution >= 0.6 is 0 Å². The highest BCUT2D eigenvalue weighted by Crippen LogP contribution is 2.25. The van der Waals surface area contributed by atoms with Gasteiger partial charge in [0, 0.05) is 28.7 Å². The van der Waals surface area contributed by atoms with Crippen LogP contribution < -0.4 is 5.48 Å². The Morgan fingerprint density at radius 2 is 2.40 bits per heavy atom. The van der Waals surface area contributed by atoms with Crippen molar-refractivity contribution in [2.24, 2.45) is 0 Å². The van der Waals surface area contributed by atoms with Crippen molar-refractivity contribution in [2.75, 3.05) is 13.6 Å². The molecule has 0 saturated carbocycles. The number of H-pyrrole nitrogens is 1. The molecule has 1 amide bonds. The van der Waals surface area contributed by atoms with Gasteiger partial charge in [0.25, 0.3) is 5.91 Å². The fourth-order valence-electron chi connectivity index (χ4n) is 3.04. The molecule has 0 bridgehead atoms. The van der Waals surface area contributed by atoms with Gasteiger partial charge in [0.2, 0.25) is 0 Å². The van der Waals surface area contributed by atoms with Gasteiger partial charge in [0.05, 0.1) is 0 Å². The maximum Gasteiger partial charge on any atom is 0.274 e. The molecule has 5 nitrogen and oxygen atoms in total. The number of hydroxylamine groups is 1. The second-order valence-electron chi connectivity index (χ2n) is 5.50. The first-order valence-electron chi connectivity index (χ1n) is 6.93. The number of nitrogens with zero attached hydrogens (tertiary/aromatic N) is 1. The van der Waals surface area contributed by atoms with Crippen LogP contribution in [-0.2, 0) is 6.42 Å². The minimum atomic E-state index is -0.475. The Hall–Kier alpha value is -1.85. The maximum atomic E-state index is 11.5. The number of benzene rings is 1. The molecule has 1 aliphatic rings. The zero-order valence-corrected chi connectivity index (χ0v) is 11.5. The summed E-state index contributed by atoms with van der Waals surface area (Å²) < 4.78 is 0. The number of carbonyl (C=O) groups is 1. The molecule has 2 aromatic rings. The van der Waals surface area contributed by atoms with E-state index in [9.17, 15) is 4.79 Å². The van der Waals surface area contributed by atoms with Crippen LogP contribution in [0.3, 0.4) is 0 Å². The van der Waals surface area contributed by atoms with E-state index in [-0.39, 0.29) is 0 Å². The standard InChI is InChI=1S/C15H19N3O2/c1-18-6-2-3-12(18)7-11-9-16-14-5-4-10(8-13(11)14)15(19)17-20/h4-5,8-9,12,16,20H,2-3,6-7H2,1H3,(H,17,19)/t12-/m1/s1. The van der Waals surface area contributed by atoms with Crippen LogP contribution in [0.4, 0.5) is 0 Å². The number of aromatic nitrogens is 1. The van der Waals surface area contributed by atoms with Crippen LogP contribution in [-0.4, -0.2) is 40.6 Å². The normalized spacial score (nSPS) is 19.6. The molecule has 20 heavy (non-hydrogen) atoms. The number of likely N-dealkylation sites (N-methyl/N-ethyl adjacent to an activating group) is 1. The van der Waals surface area contributed by atoms with Crippen LogP contribution in [0, 0.1) is 0 Å². The minimum Gasteiger partial charge on any atom is -0.361 e. The summed E-state index contributed by atoms with van der Waals surface area (Å²) in [5, 5.41) is 9.79. The van der Waals surface area contributed by atoms with E-state index in [0.29, 0.717) is 11.6 Å². The largest absolute Gasteiger partial charge is 0.361 e. The van der Waals surface area contributed by atoms with Crippen LogP contribution in [0.15, 0.2) is 24.4 Å². The van der Waals surface area contributed by atoms with E-state index >= 15 is 0 Å². The first-order valence-corrected chi connectivity index (χ1v) is 6.93. The Morgan fingerprint density at radius 1 is 1.55 bits per heavy atom. The van der Waals surface area contributed by atoms with Gasteiger partial charge in [-0.15, -0.1) is 0 Å². The number of fused-ring (bicyclic) bond motifs is 1. The third-order valence-corrected chi connectivity index (χ3v) is 4.26. The Bertz CT molecular complexity index is 635. The molecule has 0 spiro atoms. The Balaban J connectivity index is 1.92. The van der Waals surface area contributed by atoms with Gasteiger partial charge in [-0.2, -0.15) is 0 Å². The van der Waals surface area contributed by atoms with Crippen molar-refractivity contribution in [3.63, 3.8) is 0 Å². The summed E-state index contributed by atoms with van der Waals surface area (Å²) in [5.41, 5.74) is 4.40. The Morgan fingerprint density at radius 3 is 3.10 bits per heavy atom. The summed E-state index contributed by atoms with van der Waals surface area (Å²) in [7, 11) is 2.16. The van der Waals surface area contributed by atoms with Crippen molar-refractivity contribution >= 4 is 16.8 Å². The lowest BCUT2D eigenvalue weighted by atomic mass is 10.0. The topological polar surface area (TPSA) is 68.4 Å². The van der Waals surface area contributed by atoms with Gasteiger partial charge in [0.1, 0.15) is 0 Å². The first-order chi connectivity index (χ1) is 9.69. The zero-order chi connectivity index (χ0) is 14.1. The molecule has 0 radical (unpaired) electrons. The van der Waals surface area contributed by atoms with E-state index < -0.39 is 5.91 Å². The van der Waals surface area contributed by atoms with Crippen molar-refractivity contribution in [2.45, 2.75) is 25.3 Å². The van der Waals surface area contributed by atoms with Gasteiger partial charge in [0.15, 0.2) is 0 Å². The molecule has 1 atom stereocenters. The summed E-state index contributed by atoms with van der Waals surface area (Å²) >= 11 is 0. The van der Waals surface area contributed by atoms with Crippen molar-refractivity contribution in [1.29, 1.82) is 0 Å². The lowest BCUT2D eigenvalue weighted by Gasteiger charge is -2.18. The highest BCUT2D eigenvalue weighted by atomic mass is 16.5. The molecular formula is C15H19N3O2. The molecule has 1 saturated heterocycles. The molecule has 3 rings (SSSR count). The lowest BCUT2D eigenvalue weighted by molar-refractivity contribution is 0.0706. The van der Waals surface area contributed by atoms with Crippen molar-refractivity contribution < 1.29 is 10.0 Å². The fourth-order valence-corrected chi connectivity index (χ4v) is 3.04. The molecule has 1 aliphatic heterocycles. The van der Waals surface area contributed by atoms with E-state index in [4.69, 9.17) is 5.21 Å². The van der Waals surface area contributed by atoms with Gasteiger partial charge < -0.3 is 9.88 Å². The molecule has 1 aromatic carbocycles. The number of nitrogens with one attached hydrogen (secondary N) is 2. The molecule has 5 heteroatoms. The SMILES string of the molecule is CN1CCC[C@@H]1Cc1c[nH]c2ccc(C(=O)NO)cc12. The minimum absolute atomic E-state index is 0.473. The molecular weight excluding hydrogens is 254 g/mol. The predicted molar refractivity (Wildman–Crippen MR) is 76.9 cm³/mol. The number of carbonyl (C=O) groups excluding carboxylic acids is 1. The van der Waals surface area contributed by atoms with Crippen LogP contribution in [0.25, 0.3) is 10.9 Å². The second kappa shape index (κ2) is 5.26. The highest BCUT2D eigenvalue weighted by Gasteiger charge is 2.22. The third kappa shape index (κ3) is 2.30. The summed E-state index contributed by atoms with van der Waals surface area (Å²) in [6.45, 7) is 1.16. The third-order valence-electron chi connectivity index (χ3n) is 4.26. The number of hydrogen-bond donors (Lipinski definition) is 3. The number of amides is 1. The average Bonchev–Trinajstić information content (AvgIpc) is 3.05. The molecule has 1 aromatic heterocycles. The van der Waals surface area contributed by atoms with Crippen molar-refractivity contribution in [3.05, 3.63) is 35.5 Å². The van der Waals surface area contributed by atoms with Gasteiger partial charge in [-0.05, 0) is 56.6 Å². The number of aromatic amines is 1. The van der Waals surface area contributed by atoms with E-state index in [1.165, 1.54) is 18.4 Å². The van der Waals surface area contributed by atoms with Crippen LogP contribution in [0.2, 0.25) is 0 Å². The Kier molecular flexibility index (Phi) is 3.46.